The molecule has 0 atom stereocenters. The Hall–Kier alpha value is -9.00. The van der Waals surface area contributed by atoms with Crippen molar-refractivity contribution >= 4 is 79.0 Å². The number of hydrogen-bond acceptors (Lipinski definition) is 4. The van der Waals surface area contributed by atoms with E-state index in [0.29, 0.717) is 44.7 Å². The van der Waals surface area contributed by atoms with Crippen LogP contribution < -0.4 is 0 Å². The van der Waals surface area contributed by atoms with Gasteiger partial charge in [-0.2, -0.15) is 0 Å². The number of rotatable bonds is 7. The summed E-state index contributed by atoms with van der Waals surface area (Å²) < 4.78 is 0. The van der Waals surface area contributed by atoms with Crippen LogP contribution in [0.15, 0.2) is 164 Å². The van der Waals surface area contributed by atoms with Gasteiger partial charge < -0.3 is 9.97 Å². The molecule has 6 nitrogen and oxygen atoms in total. The van der Waals surface area contributed by atoms with Crippen molar-refractivity contribution in [3.05, 3.63) is 237 Å². The summed E-state index contributed by atoms with van der Waals surface area (Å²) >= 11 is 0. The van der Waals surface area contributed by atoms with Crippen LogP contribution in [0, 0.1) is 0 Å². The zero-order chi connectivity index (χ0) is 64.4. The van der Waals surface area contributed by atoms with Crippen LogP contribution in [0.2, 0.25) is 0 Å². The van der Waals surface area contributed by atoms with Gasteiger partial charge in [0.25, 0.3) is 0 Å². The Bertz CT molecular complexity index is 4760. The highest BCUT2D eigenvalue weighted by atomic mass is 16.1. The van der Waals surface area contributed by atoms with Gasteiger partial charge in [-0.05, 0) is 159 Å². The predicted molar refractivity (Wildman–Crippen MR) is 382 cm³/mol. The summed E-state index contributed by atoms with van der Waals surface area (Å²) in [6.07, 6.45) is 6.30. The van der Waals surface area contributed by atoms with Crippen LogP contribution in [-0.2, 0) is 32.5 Å². The maximum Gasteiger partial charge on any atom is 0.195 e. The van der Waals surface area contributed by atoms with E-state index in [1.165, 1.54) is 33.4 Å². The number of carbonyl (C=O) groups excluding carboxylic acids is 2. The van der Waals surface area contributed by atoms with Crippen molar-refractivity contribution in [1.82, 2.24) is 19.9 Å². The summed E-state index contributed by atoms with van der Waals surface area (Å²) in [6.45, 7) is 40.9. The number of allylic oxidation sites excluding steroid dienone is 1. The number of hydrogen-bond donors (Lipinski definition) is 2. The Labute approximate surface area is 532 Å². The molecule has 454 valence electrons. The number of aromatic nitrogens is 4. The fraction of sp³-hybridized carbons (Fsp3) is 0.286. The van der Waals surface area contributed by atoms with Crippen molar-refractivity contribution in [2.75, 3.05) is 0 Å². The van der Waals surface area contributed by atoms with E-state index in [1.54, 1.807) is 0 Å². The van der Waals surface area contributed by atoms with Crippen LogP contribution in [0.4, 0.5) is 0 Å². The predicted octanol–water partition coefficient (Wildman–Crippen LogP) is 22.2. The molecule has 3 aromatic heterocycles. The third-order valence-corrected chi connectivity index (χ3v) is 18.2. The number of Topliss-reactive ketones (excluding diaryl/α,β-unsaturated/α-hetero) is 1. The highest BCUT2D eigenvalue weighted by Crippen LogP contribution is 2.44. The van der Waals surface area contributed by atoms with Crippen LogP contribution in [0.3, 0.4) is 0 Å². The number of nitrogens with zero attached hydrogens (tertiary/aromatic N) is 2. The molecule has 10 aromatic rings. The summed E-state index contributed by atoms with van der Waals surface area (Å²) in [5.41, 5.74) is 19.0. The molecule has 0 saturated carbocycles. The van der Waals surface area contributed by atoms with E-state index in [9.17, 15) is 0 Å². The van der Waals surface area contributed by atoms with Crippen molar-refractivity contribution in [2.45, 2.75) is 157 Å². The fourth-order valence-electron chi connectivity index (χ4n) is 12.4. The molecule has 0 fully saturated rings. The average molecular weight is 1180 g/mol. The van der Waals surface area contributed by atoms with E-state index in [-0.39, 0.29) is 44.1 Å². The number of nitrogens with one attached hydrogen (secondary N) is 2. The smallest absolute Gasteiger partial charge is 0.195 e. The summed E-state index contributed by atoms with van der Waals surface area (Å²) in [5.74, 6) is -0.346. The lowest BCUT2D eigenvalue weighted by Crippen LogP contribution is -2.16. The third-order valence-electron chi connectivity index (χ3n) is 18.2. The van der Waals surface area contributed by atoms with Gasteiger partial charge in [-0.25, -0.2) is 9.97 Å². The lowest BCUT2D eigenvalue weighted by molar-refractivity contribution is 0.103. The third kappa shape index (κ3) is 11.9. The number of carbonyl (C=O) groups is 2. The topological polar surface area (TPSA) is 91.5 Å². The highest BCUT2D eigenvalue weighted by molar-refractivity contribution is 6.34. The molecule has 2 aliphatic heterocycles. The van der Waals surface area contributed by atoms with Crippen LogP contribution in [-0.4, -0.2) is 31.5 Å². The summed E-state index contributed by atoms with van der Waals surface area (Å²) in [7, 11) is 0. The van der Waals surface area contributed by atoms with E-state index >= 15 is 9.59 Å². The first kappa shape index (κ1) is 61.2. The van der Waals surface area contributed by atoms with Crippen molar-refractivity contribution in [2.24, 2.45) is 0 Å². The molecule has 6 heteroatoms. The van der Waals surface area contributed by atoms with E-state index in [4.69, 9.17) is 9.97 Å². The van der Waals surface area contributed by atoms with Crippen molar-refractivity contribution in [3.63, 3.8) is 0 Å². The molecule has 5 heterocycles. The highest BCUT2D eigenvalue weighted by Gasteiger charge is 2.30. The second-order valence-corrected chi connectivity index (χ2v) is 31.4. The zero-order valence-corrected chi connectivity index (χ0v) is 56.0. The van der Waals surface area contributed by atoms with Gasteiger partial charge in [0, 0.05) is 49.9 Å². The van der Waals surface area contributed by atoms with Gasteiger partial charge in [0.1, 0.15) is 0 Å². The summed E-state index contributed by atoms with van der Waals surface area (Å²) in [6, 6.07) is 57.4. The molecule has 2 N–H and O–H groups in total. The van der Waals surface area contributed by atoms with Gasteiger partial charge >= 0.3 is 0 Å². The Morgan fingerprint density at radius 3 is 1.08 bits per heavy atom. The van der Waals surface area contributed by atoms with Gasteiger partial charge in [-0.15, -0.1) is 0 Å². The van der Waals surface area contributed by atoms with E-state index < -0.39 is 0 Å². The quantitative estimate of drug-likeness (QED) is 0.156. The van der Waals surface area contributed by atoms with E-state index in [2.05, 4.69) is 226 Å². The maximum absolute atomic E-state index is 15.9. The monoisotopic (exact) mass is 1180 g/mol. The molecule has 0 radical (unpaired) electrons. The van der Waals surface area contributed by atoms with Crippen LogP contribution in [0.1, 0.15) is 207 Å². The zero-order valence-electron chi connectivity index (χ0n) is 56.0. The minimum absolute atomic E-state index is 0.167. The minimum Gasteiger partial charge on any atom is -0.354 e. The second-order valence-electron chi connectivity index (χ2n) is 31.4. The average Bonchev–Trinajstić information content (AvgIpc) is 1.55. The minimum atomic E-state index is -0.214. The second kappa shape index (κ2) is 21.9. The van der Waals surface area contributed by atoms with E-state index in [0.717, 1.165) is 77.3 Å². The molecule has 90 heavy (non-hydrogen) atoms. The number of benzene rings is 7. The largest absolute Gasteiger partial charge is 0.354 e. The molecule has 0 spiro atoms. The number of fused-ring (bicyclic) bond motifs is 10. The Balaban J connectivity index is 1.31. The number of ketones is 2. The SMILES string of the molecule is CC(C)(C)c1cc(-c2c3nc(c(-c4cc(C(C)(C)C)cc(C(C)(C)C)c4)c4ccc([nH]4)c(-c4cc(C(C)(C)C)cc(C(C)(C)C)c4)c4nc(cc5[nH]c2cc5C(=O)c2ccc5ccccc5c2)C(C(=O)c2ccc5ccccc5c2)=C4)C=C3)cc(C(C)(C)C)c1. The summed E-state index contributed by atoms with van der Waals surface area (Å²) in [4.78, 5) is 51.3. The van der Waals surface area contributed by atoms with Gasteiger partial charge in [-0.1, -0.05) is 252 Å². The molecule has 0 saturated heterocycles. The normalized spacial score (nSPS) is 13.3. The van der Waals surface area contributed by atoms with Crippen LogP contribution in [0.25, 0.3) is 101 Å². The molecule has 7 aromatic carbocycles. The molecular formula is C84H86N4O2. The Morgan fingerprint density at radius 2 is 0.678 bits per heavy atom. The van der Waals surface area contributed by atoms with Gasteiger partial charge in [0.05, 0.1) is 33.9 Å². The fourth-order valence-corrected chi connectivity index (χ4v) is 12.4. The molecule has 12 rings (SSSR count). The molecular weight excluding hydrogens is 1100 g/mol. The molecule has 0 unspecified atom stereocenters. The van der Waals surface area contributed by atoms with Crippen LogP contribution in [0.5, 0.6) is 0 Å². The Morgan fingerprint density at radius 1 is 0.322 bits per heavy atom. The van der Waals surface area contributed by atoms with E-state index in [1.807, 2.05) is 91.0 Å². The lowest BCUT2D eigenvalue weighted by Gasteiger charge is -2.26. The summed E-state index contributed by atoms with van der Waals surface area (Å²) in [5, 5.41) is 4.01. The first-order valence-corrected chi connectivity index (χ1v) is 31.9. The molecule has 8 bridgehead atoms. The van der Waals surface area contributed by atoms with Gasteiger partial charge in [0.2, 0.25) is 0 Å². The Kier molecular flexibility index (Phi) is 14.9. The van der Waals surface area contributed by atoms with Gasteiger partial charge in [0.15, 0.2) is 11.6 Å². The lowest BCUT2D eigenvalue weighted by atomic mass is 9.78. The van der Waals surface area contributed by atoms with Crippen molar-refractivity contribution in [1.29, 1.82) is 0 Å². The maximum atomic E-state index is 15.9. The molecule has 0 amide bonds. The van der Waals surface area contributed by atoms with Crippen molar-refractivity contribution in [3.8, 4) is 33.4 Å². The van der Waals surface area contributed by atoms with Crippen molar-refractivity contribution < 1.29 is 9.59 Å². The first-order valence-electron chi connectivity index (χ1n) is 31.9. The number of aromatic amines is 2. The molecule has 0 aliphatic carbocycles. The van der Waals surface area contributed by atoms with Gasteiger partial charge in [-0.3, -0.25) is 9.59 Å². The first-order chi connectivity index (χ1) is 42.1. The van der Waals surface area contributed by atoms with Crippen LogP contribution >= 0.6 is 0 Å². The standard InChI is InChI=1S/C84H86N4O2/c1-79(2,3)58-37-55(38-59(43-58)80(4,5)6)74-66-31-33-68(85-66)75(56-39-60(81(7,8)9)44-61(40-56)82(10,11)12)72-46-64(77(89)53-29-27-49-23-19-21-25-51(49)35-53)70(87-72)48-71-65(78(90)54-30-28-50-24-20-22-26-52(50)36-54)47-73(88-71)76(69-34-32-67(74)86-69)57-41-62(83(13,14)15)45-63(42-57)84(16,17)18/h19-48,85,88H,1-18H3. The molecule has 2 aliphatic rings. The number of H-pyrrole nitrogens is 2.